The number of aromatic amines is 1. The third kappa shape index (κ3) is 3.11. The molecular formula is C16H16ClF2N5O. The van der Waals surface area contributed by atoms with Crippen molar-refractivity contribution >= 4 is 17.4 Å². The van der Waals surface area contributed by atoms with Crippen molar-refractivity contribution in [2.24, 2.45) is 0 Å². The first-order valence-corrected chi connectivity index (χ1v) is 8.38. The number of rotatable bonds is 2. The summed E-state index contributed by atoms with van der Waals surface area (Å²) in [6.07, 6.45) is 3.02. The van der Waals surface area contributed by atoms with E-state index in [1.165, 1.54) is 0 Å². The molecule has 0 radical (unpaired) electrons. The summed E-state index contributed by atoms with van der Waals surface area (Å²) in [7, 11) is 0. The van der Waals surface area contributed by atoms with E-state index in [2.05, 4.69) is 15.0 Å². The van der Waals surface area contributed by atoms with Gasteiger partial charge in [-0.2, -0.15) is 0 Å². The van der Waals surface area contributed by atoms with Crippen molar-refractivity contribution in [2.75, 3.05) is 31.1 Å². The summed E-state index contributed by atoms with van der Waals surface area (Å²) in [5, 5.41) is -0.0176. The fourth-order valence-corrected chi connectivity index (χ4v) is 3.71. The molecule has 4 heterocycles. The van der Waals surface area contributed by atoms with Gasteiger partial charge in [-0.05, 0) is 12.1 Å². The highest BCUT2D eigenvalue weighted by Gasteiger charge is 2.47. The molecule has 9 heteroatoms. The summed E-state index contributed by atoms with van der Waals surface area (Å²) >= 11 is 6.16. The van der Waals surface area contributed by atoms with Crippen molar-refractivity contribution in [1.82, 2.24) is 19.9 Å². The van der Waals surface area contributed by atoms with Gasteiger partial charge < -0.3 is 9.88 Å². The van der Waals surface area contributed by atoms with Gasteiger partial charge in [-0.3, -0.25) is 14.7 Å². The Hall–Kier alpha value is -2.06. The number of hydrogen-bond acceptors (Lipinski definition) is 5. The van der Waals surface area contributed by atoms with E-state index in [9.17, 15) is 13.6 Å². The van der Waals surface area contributed by atoms with Gasteiger partial charge in [0.15, 0.2) is 5.82 Å². The van der Waals surface area contributed by atoms with Gasteiger partial charge in [0.05, 0.1) is 6.54 Å². The zero-order valence-corrected chi connectivity index (χ0v) is 14.0. The molecule has 4 rings (SSSR count). The molecule has 0 saturated carbocycles. The minimum absolute atomic E-state index is 0.0176. The van der Waals surface area contributed by atoms with E-state index in [1.54, 1.807) is 29.4 Å². The second-order valence-electron chi connectivity index (χ2n) is 6.42. The van der Waals surface area contributed by atoms with Gasteiger partial charge in [-0.15, -0.1) is 0 Å². The van der Waals surface area contributed by atoms with Gasteiger partial charge >= 0.3 is 0 Å². The van der Waals surface area contributed by atoms with Crippen LogP contribution in [-0.2, 0) is 0 Å². The van der Waals surface area contributed by atoms with Crippen LogP contribution in [0.5, 0.6) is 0 Å². The molecule has 2 aromatic rings. The highest BCUT2D eigenvalue weighted by atomic mass is 35.5. The molecule has 0 amide bonds. The number of halogens is 3. The molecule has 2 aliphatic rings. The predicted molar refractivity (Wildman–Crippen MR) is 90.2 cm³/mol. The number of piperazine rings is 1. The summed E-state index contributed by atoms with van der Waals surface area (Å²) in [6.45, 7) is 1.17. The van der Waals surface area contributed by atoms with Crippen LogP contribution in [-0.4, -0.2) is 58.0 Å². The summed E-state index contributed by atoms with van der Waals surface area (Å²) in [5.74, 6) is -1.94. The lowest BCUT2D eigenvalue weighted by Crippen LogP contribution is -2.50. The average Bonchev–Trinajstić information content (AvgIpc) is 2.90. The van der Waals surface area contributed by atoms with Gasteiger partial charge in [-0.1, -0.05) is 11.6 Å². The standard InChI is InChI=1S/C16H16ClF2N5O/c17-12-14(21-13(22-15(12)25)10-1-3-20-4-2-10)23-5-6-24-9-16(18,19)7-11(24)8-23/h1-4,11H,5-9H2,(H,21,22,25)/t11-/m0/s1. The van der Waals surface area contributed by atoms with Crippen LogP contribution < -0.4 is 10.5 Å². The predicted octanol–water partition coefficient (Wildman–Crippen LogP) is 2.01. The van der Waals surface area contributed by atoms with Crippen LogP contribution >= 0.6 is 11.6 Å². The van der Waals surface area contributed by atoms with Crippen LogP contribution in [0.15, 0.2) is 29.3 Å². The maximum absolute atomic E-state index is 13.6. The average molecular weight is 368 g/mol. The second-order valence-corrected chi connectivity index (χ2v) is 6.80. The Morgan fingerprint density at radius 2 is 2.04 bits per heavy atom. The Labute approximate surface area is 147 Å². The molecule has 6 nitrogen and oxygen atoms in total. The third-order valence-corrected chi connectivity index (χ3v) is 5.01. The van der Waals surface area contributed by atoms with Gasteiger partial charge in [0, 0.05) is 50.1 Å². The number of pyridine rings is 1. The van der Waals surface area contributed by atoms with E-state index < -0.39 is 11.5 Å². The number of nitrogens with one attached hydrogen (secondary N) is 1. The minimum Gasteiger partial charge on any atom is -0.352 e. The highest BCUT2D eigenvalue weighted by molar-refractivity contribution is 6.32. The summed E-state index contributed by atoms with van der Waals surface area (Å²) < 4.78 is 27.3. The molecular weight excluding hydrogens is 352 g/mol. The van der Waals surface area contributed by atoms with Crippen molar-refractivity contribution in [2.45, 2.75) is 18.4 Å². The van der Waals surface area contributed by atoms with E-state index in [-0.39, 0.29) is 24.0 Å². The minimum atomic E-state index is -2.66. The smallest absolute Gasteiger partial charge is 0.272 e. The Balaban J connectivity index is 1.66. The fraction of sp³-hybridized carbons (Fsp3) is 0.438. The molecule has 0 aliphatic carbocycles. The van der Waals surface area contributed by atoms with Crippen LogP contribution in [0.2, 0.25) is 5.02 Å². The molecule has 0 bridgehead atoms. The molecule has 2 aromatic heterocycles. The van der Waals surface area contributed by atoms with Crippen LogP contribution in [0.25, 0.3) is 11.4 Å². The van der Waals surface area contributed by atoms with E-state index >= 15 is 0 Å². The Kier molecular flexibility index (Phi) is 3.96. The lowest BCUT2D eigenvalue weighted by atomic mass is 10.1. The maximum Gasteiger partial charge on any atom is 0.272 e. The van der Waals surface area contributed by atoms with Crippen molar-refractivity contribution < 1.29 is 8.78 Å². The summed E-state index contributed by atoms with van der Waals surface area (Å²) in [5.41, 5.74) is 0.258. The lowest BCUT2D eigenvalue weighted by Gasteiger charge is -2.37. The SMILES string of the molecule is O=c1[nH]c(-c2ccncc2)nc(N2CCN3CC(F)(F)C[C@H]3C2)c1Cl. The van der Waals surface area contributed by atoms with Gasteiger partial charge in [0.1, 0.15) is 10.8 Å². The normalized spacial score (nSPS) is 22.8. The van der Waals surface area contributed by atoms with Crippen LogP contribution in [0.1, 0.15) is 6.42 Å². The molecule has 1 N–H and O–H groups in total. The van der Waals surface area contributed by atoms with E-state index in [0.717, 1.165) is 0 Å². The maximum atomic E-state index is 13.6. The first-order valence-electron chi connectivity index (χ1n) is 8.00. The van der Waals surface area contributed by atoms with Crippen LogP contribution in [0.3, 0.4) is 0 Å². The van der Waals surface area contributed by atoms with Crippen molar-refractivity contribution in [3.63, 3.8) is 0 Å². The van der Waals surface area contributed by atoms with Crippen LogP contribution in [0, 0.1) is 0 Å². The van der Waals surface area contributed by atoms with Crippen molar-refractivity contribution in [3.8, 4) is 11.4 Å². The molecule has 0 spiro atoms. The number of aromatic nitrogens is 3. The number of hydrogen-bond donors (Lipinski definition) is 1. The fourth-order valence-electron chi connectivity index (χ4n) is 3.50. The zero-order valence-electron chi connectivity index (χ0n) is 13.3. The van der Waals surface area contributed by atoms with Crippen molar-refractivity contribution in [1.29, 1.82) is 0 Å². The Morgan fingerprint density at radius 1 is 1.28 bits per heavy atom. The second kappa shape index (κ2) is 6.03. The first-order chi connectivity index (χ1) is 11.9. The molecule has 0 aromatic carbocycles. The molecule has 1 atom stereocenters. The summed E-state index contributed by atoms with van der Waals surface area (Å²) in [6, 6.07) is 3.20. The summed E-state index contributed by atoms with van der Waals surface area (Å²) in [4.78, 5) is 26.9. The largest absolute Gasteiger partial charge is 0.352 e. The number of H-pyrrole nitrogens is 1. The molecule has 2 aliphatic heterocycles. The lowest BCUT2D eigenvalue weighted by molar-refractivity contribution is 0.0125. The van der Waals surface area contributed by atoms with Gasteiger partial charge in [-0.25, -0.2) is 13.8 Å². The number of fused-ring (bicyclic) bond motifs is 1. The Bertz CT molecular complexity index is 844. The van der Waals surface area contributed by atoms with Crippen LogP contribution in [0.4, 0.5) is 14.6 Å². The van der Waals surface area contributed by atoms with Gasteiger partial charge in [0.25, 0.3) is 11.5 Å². The molecule has 25 heavy (non-hydrogen) atoms. The van der Waals surface area contributed by atoms with Gasteiger partial charge in [0.2, 0.25) is 0 Å². The molecule has 2 saturated heterocycles. The number of anilines is 1. The molecule has 132 valence electrons. The van der Waals surface area contributed by atoms with E-state index in [4.69, 9.17) is 11.6 Å². The Morgan fingerprint density at radius 3 is 2.80 bits per heavy atom. The third-order valence-electron chi connectivity index (χ3n) is 4.67. The van der Waals surface area contributed by atoms with E-state index in [0.29, 0.717) is 36.8 Å². The monoisotopic (exact) mass is 367 g/mol. The molecule has 0 unspecified atom stereocenters. The topological polar surface area (TPSA) is 65.1 Å². The number of nitrogens with zero attached hydrogens (tertiary/aromatic N) is 4. The number of alkyl halides is 2. The zero-order chi connectivity index (χ0) is 17.6. The highest BCUT2D eigenvalue weighted by Crippen LogP contribution is 2.35. The first kappa shape index (κ1) is 16.4. The van der Waals surface area contributed by atoms with E-state index in [1.807, 2.05) is 4.90 Å². The van der Waals surface area contributed by atoms with Crippen molar-refractivity contribution in [3.05, 3.63) is 39.9 Å². The quantitative estimate of drug-likeness (QED) is 0.879. The molecule has 2 fully saturated rings.